The van der Waals surface area contributed by atoms with Crippen molar-refractivity contribution in [2.24, 2.45) is 29.6 Å². The summed E-state index contributed by atoms with van der Waals surface area (Å²) in [6.07, 6.45) is -2.72. The van der Waals surface area contributed by atoms with E-state index < -0.39 is 24.1 Å². The SMILES string of the molecule is COC1CNC(Cl)CC1C1CC(C)NCC1C(=O)NC1NC2CN(C(=O)C3NCCC(C(F)(F)F)C3C)CC2S1. The average Bonchev–Trinajstić information content (AvgIpc) is 3.46. The van der Waals surface area contributed by atoms with E-state index in [1.165, 1.54) is 6.92 Å². The number of carbonyl (C=O) groups is 2. The molecule has 14 heteroatoms. The lowest BCUT2D eigenvalue weighted by Crippen LogP contribution is -2.58. The van der Waals surface area contributed by atoms with E-state index in [4.69, 9.17) is 16.3 Å². The lowest BCUT2D eigenvalue weighted by atomic mass is 9.70. The van der Waals surface area contributed by atoms with Crippen LogP contribution in [0.3, 0.4) is 0 Å². The van der Waals surface area contributed by atoms with Gasteiger partial charge in [0.15, 0.2) is 0 Å². The topological polar surface area (TPSA) is 107 Å². The van der Waals surface area contributed by atoms with Crippen LogP contribution in [-0.4, -0.2) is 103 Å². The van der Waals surface area contributed by atoms with Crippen LogP contribution in [0.2, 0.25) is 0 Å². The van der Waals surface area contributed by atoms with E-state index in [9.17, 15) is 22.8 Å². The average molecular weight is 611 g/mol. The minimum absolute atomic E-state index is 0.00441. The Labute approximate surface area is 243 Å². The van der Waals surface area contributed by atoms with Crippen molar-refractivity contribution in [2.75, 3.05) is 39.8 Å². The Kier molecular flexibility index (Phi) is 9.51. The summed E-state index contributed by atoms with van der Waals surface area (Å²) in [5.41, 5.74) is -0.429. The molecule has 0 radical (unpaired) electrons. The van der Waals surface area contributed by atoms with Crippen molar-refractivity contribution in [3.8, 4) is 0 Å². The third-order valence-electron chi connectivity index (χ3n) is 9.71. The van der Waals surface area contributed by atoms with E-state index in [-0.39, 0.29) is 70.9 Å². The van der Waals surface area contributed by atoms with Crippen LogP contribution in [0.5, 0.6) is 0 Å². The number of piperidine rings is 3. The van der Waals surface area contributed by atoms with Gasteiger partial charge >= 0.3 is 6.18 Å². The number of rotatable bonds is 5. The third kappa shape index (κ3) is 6.40. The molecule has 0 saturated carbocycles. The second kappa shape index (κ2) is 12.4. The van der Waals surface area contributed by atoms with E-state index >= 15 is 0 Å². The van der Waals surface area contributed by atoms with Gasteiger partial charge < -0.3 is 25.6 Å². The lowest BCUT2D eigenvalue weighted by molar-refractivity contribution is -0.197. The van der Waals surface area contributed by atoms with E-state index in [0.717, 1.165) is 12.8 Å². The molecule has 5 N–H and O–H groups in total. The first kappa shape index (κ1) is 30.6. The fourth-order valence-corrected chi connectivity index (χ4v) is 9.19. The molecule has 0 aromatic rings. The number of amides is 2. The summed E-state index contributed by atoms with van der Waals surface area (Å²) in [7, 11) is 1.71. The maximum Gasteiger partial charge on any atom is 0.392 e. The van der Waals surface area contributed by atoms with Crippen molar-refractivity contribution in [3.63, 3.8) is 0 Å². The highest BCUT2D eigenvalue weighted by atomic mass is 35.5. The number of halogens is 4. The molecule has 12 atom stereocenters. The van der Waals surface area contributed by atoms with Gasteiger partial charge in [-0.25, -0.2) is 0 Å². The molecule has 12 unspecified atom stereocenters. The predicted molar refractivity (Wildman–Crippen MR) is 148 cm³/mol. The van der Waals surface area contributed by atoms with Crippen LogP contribution in [0.25, 0.3) is 0 Å². The zero-order valence-corrected chi connectivity index (χ0v) is 24.7. The van der Waals surface area contributed by atoms with E-state index in [1.54, 1.807) is 23.8 Å². The van der Waals surface area contributed by atoms with Gasteiger partial charge in [-0.1, -0.05) is 6.92 Å². The number of methoxy groups -OCH3 is 1. The molecule has 5 fully saturated rings. The second-order valence-electron chi connectivity index (χ2n) is 12.2. The fourth-order valence-electron chi connectivity index (χ4n) is 7.49. The summed E-state index contributed by atoms with van der Waals surface area (Å²) in [6, 6.07) is -0.572. The number of likely N-dealkylation sites (tertiary alicyclic amines) is 1. The Morgan fingerprint density at radius 3 is 2.55 bits per heavy atom. The predicted octanol–water partition coefficient (Wildman–Crippen LogP) is 1.28. The monoisotopic (exact) mass is 610 g/mol. The highest BCUT2D eigenvalue weighted by molar-refractivity contribution is 8.00. The Morgan fingerprint density at radius 2 is 1.85 bits per heavy atom. The Balaban J connectivity index is 1.16. The first-order chi connectivity index (χ1) is 19.0. The normalized spacial score (nSPS) is 44.3. The number of nitrogens with zero attached hydrogens (tertiary/aromatic N) is 1. The van der Waals surface area contributed by atoms with Crippen molar-refractivity contribution >= 4 is 35.2 Å². The first-order valence-electron chi connectivity index (χ1n) is 14.4. The fraction of sp³-hybridized carbons (Fsp3) is 0.923. The van der Waals surface area contributed by atoms with E-state index in [1.807, 2.05) is 0 Å². The molecular formula is C26H42ClF3N6O3S. The Morgan fingerprint density at radius 1 is 1.07 bits per heavy atom. The molecule has 5 saturated heterocycles. The smallest absolute Gasteiger partial charge is 0.380 e. The molecular weight excluding hydrogens is 569 g/mol. The maximum absolute atomic E-state index is 13.6. The van der Waals surface area contributed by atoms with Gasteiger partial charge in [-0.15, -0.1) is 23.4 Å². The van der Waals surface area contributed by atoms with Gasteiger partial charge in [0.05, 0.1) is 29.5 Å². The van der Waals surface area contributed by atoms with Crippen LogP contribution < -0.4 is 26.6 Å². The van der Waals surface area contributed by atoms with Crippen LogP contribution in [0, 0.1) is 29.6 Å². The number of hydrogen-bond donors (Lipinski definition) is 5. The number of alkyl halides is 4. The van der Waals surface area contributed by atoms with Gasteiger partial charge in [0.25, 0.3) is 0 Å². The van der Waals surface area contributed by atoms with Crippen LogP contribution in [0.15, 0.2) is 0 Å². The standard InChI is InChI=1S/C26H42ClF3N6O3S/c1-12-6-14(15-7-21(27)33-9-19(15)39-3)16(8-32-12)23(37)35-25-34-18-10-36(11-20(18)40-25)24(38)22-13(2)17(4-5-31-22)26(28,29)30/h12-22,25,31-34H,4-11H2,1-3H3,(H,35,37). The van der Waals surface area contributed by atoms with Crippen molar-refractivity contribution in [1.29, 1.82) is 0 Å². The van der Waals surface area contributed by atoms with E-state index in [2.05, 4.69) is 33.5 Å². The summed E-state index contributed by atoms with van der Waals surface area (Å²) in [6.45, 7) is 5.94. The molecule has 40 heavy (non-hydrogen) atoms. The molecule has 0 aromatic carbocycles. The molecule has 5 aliphatic heterocycles. The molecule has 0 spiro atoms. The third-order valence-corrected chi connectivity index (χ3v) is 11.4. The summed E-state index contributed by atoms with van der Waals surface area (Å²) < 4.78 is 46.2. The van der Waals surface area contributed by atoms with Crippen molar-refractivity contribution < 1.29 is 27.5 Å². The minimum Gasteiger partial charge on any atom is -0.380 e. The number of fused-ring (bicyclic) bond motifs is 1. The number of ether oxygens (including phenoxy) is 1. The summed E-state index contributed by atoms with van der Waals surface area (Å²) in [4.78, 5) is 28.5. The number of nitrogens with one attached hydrogen (secondary N) is 5. The molecule has 228 valence electrons. The number of thioether (sulfide) groups is 1. The molecule has 0 bridgehead atoms. The van der Waals surface area contributed by atoms with Crippen LogP contribution in [0.4, 0.5) is 13.2 Å². The molecule has 9 nitrogen and oxygen atoms in total. The van der Waals surface area contributed by atoms with Crippen LogP contribution >= 0.6 is 23.4 Å². The highest BCUT2D eigenvalue weighted by Crippen LogP contribution is 2.40. The van der Waals surface area contributed by atoms with Gasteiger partial charge in [0, 0.05) is 50.6 Å². The largest absolute Gasteiger partial charge is 0.392 e. The van der Waals surface area contributed by atoms with E-state index in [0.29, 0.717) is 32.2 Å². The summed E-state index contributed by atoms with van der Waals surface area (Å²) in [5, 5.41) is 16.4. The maximum atomic E-state index is 13.6. The lowest BCUT2D eigenvalue weighted by Gasteiger charge is -2.45. The Bertz CT molecular complexity index is 923. The van der Waals surface area contributed by atoms with Gasteiger partial charge in [-0.2, -0.15) is 13.2 Å². The molecule has 2 amide bonds. The quantitative estimate of drug-likeness (QED) is 0.234. The molecule has 5 heterocycles. The van der Waals surface area contributed by atoms with Crippen LogP contribution in [0.1, 0.15) is 33.1 Å². The molecule has 0 aliphatic carbocycles. The second-order valence-corrected chi connectivity index (χ2v) is 14.0. The van der Waals surface area contributed by atoms with Gasteiger partial charge in [-0.3, -0.25) is 20.2 Å². The van der Waals surface area contributed by atoms with Crippen molar-refractivity contribution in [3.05, 3.63) is 0 Å². The first-order valence-corrected chi connectivity index (χ1v) is 15.8. The number of carbonyl (C=O) groups excluding carboxylic acids is 2. The van der Waals surface area contributed by atoms with Gasteiger partial charge in [-0.05, 0) is 50.5 Å². The molecule has 5 aliphatic rings. The van der Waals surface area contributed by atoms with Gasteiger partial charge in [0.1, 0.15) is 5.50 Å². The van der Waals surface area contributed by atoms with Crippen molar-refractivity contribution in [2.45, 2.75) is 79.8 Å². The molecule has 0 aromatic heterocycles. The zero-order chi connectivity index (χ0) is 28.8. The van der Waals surface area contributed by atoms with Crippen LogP contribution in [-0.2, 0) is 14.3 Å². The molecule has 5 rings (SSSR count). The summed E-state index contributed by atoms with van der Waals surface area (Å²) >= 11 is 8.03. The van der Waals surface area contributed by atoms with Gasteiger partial charge in [0.2, 0.25) is 11.8 Å². The summed E-state index contributed by atoms with van der Waals surface area (Å²) in [5.74, 6) is -2.49. The zero-order valence-electron chi connectivity index (χ0n) is 23.2. The minimum atomic E-state index is -4.31. The Hall–Kier alpha value is -0.830. The van der Waals surface area contributed by atoms with Crippen molar-refractivity contribution in [1.82, 2.24) is 31.5 Å². The highest BCUT2D eigenvalue weighted by Gasteiger charge is 2.51. The number of hydrogen-bond acceptors (Lipinski definition) is 8.